The van der Waals surface area contributed by atoms with Crippen LogP contribution < -0.4 is 16.1 Å². The van der Waals surface area contributed by atoms with Gasteiger partial charge in [0.05, 0.1) is 10.5 Å². The van der Waals surface area contributed by atoms with Crippen molar-refractivity contribution in [2.45, 2.75) is 0 Å². The summed E-state index contributed by atoms with van der Waals surface area (Å²) in [5.74, 6) is -0.187. The highest BCUT2D eigenvalue weighted by Gasteiger charge is 2.22. The molecule has 140 valence electrons. The number of carbonyl (C=O) groups excluding carboxylic acids is 1. The first kappa shape index (κ1) is 18.0. The number of H-pyrrole nitrogens is 2. The van der Waals surface area contributed by atoms with Crippen molar-refractivity contribution in [3.8, 4) is 0 Å². The molecule has 1 aliphatic heterocycles. The molecule has 0 bridgehead atoms. The lowest BCUT2D eigenvalue weighted by Crippen LogP contribution is -2.50. The highest BCUT2D eigenvalue weighted by molar-refractivity contribution is 5.92. The minimum atomic E-state index is -0.683. The Morgan fingerprint density at radius 2 is 1.89 bits per heavy atom. The van der Waals surface area contributed by atoms with Crippen molar-refractivity contribution >= 4 is 23.5 Å². The standard InChI is InChI=1S/C16H16N6O5/c23-13(6-5-11-3-1-2-4-12(11)22(26)27)20-7-9-21(10-8-20)14-15(24)17-16(25)19-18-14/h1-6H,7-10H2,(H2,17,19,24,25)/b6-5+. The van der Waals surface area contributed by atoms with Crippen LogP contribution in [0, 0.1) is 10.1 Å². The molecule has 1 amide bonds. The summed E-state index contributed by atoms with van der Waals surface area (Å²) in [5.41, 5.74) is -0.999. The van der Waals surface area contributed by atoms with Gasteiger partial charge in [-0.05, 0) is 12.1 Å². The fourth-order valence-electron chi connectivity index (χ4n) is 2.76. The second-order valence-corrected chi connectivity index (χ2v) is 5.79. The first-order valence-electron chi connectivity index (χ1n) is 8.10. The summed E-state index contributed by atoms with van der Waals surface area (Å²) in [7, 11) is 0. The molecule has 1 aromatic heterocycles. The maximum atomic E-state index is 12.3. The molecule has 2 N–H and O–H groups in total. The van der Waals surface area contributed by atoms with Crippen molar-refractivity contribution < 1.29 is 9.72 Å². The molecule has 1 saturated heterocycles. The van der Waals surface area contributed by atoms with Gasteiger partial charge in [0.15, 0.2) is 0 Å². The second kappa shape index (κ2) is 7.64. The van der Waals surface area contributed by atoms with E-state index in [2.05, 4.69) is 15.2 Å². The molecule has 1 aliphatic rings. The minimum Gasteiger partial charge on any atom is -0.347 e. The van der Waals surface area contributed by atoms with Gasteiger partial charge in [-0.2, -0.15) is 0 Å². The summed E-state index contributed by atoms with van der Waals surface area (Å²) in [4.78, 5) is 51.0. The number of rotatable bonds is 4. The summed E-state index contributed by atoms with van der Waals surface area (Å²) >= 11 is 0. The van der Waals surface area contributed by atoms with Crippen LogP contribution >= 0.6 is 0 Å². The number of nitrogens with one attached hydrogen (secondary N) is 2. The smallest absolute Gasteiger partial charge is 0.342 e. The summed E-state index contributed by atoms with van der Waals surface area (Å²) in [5, 5.41) is 16.9. The Morgan fingerprint density at radius 3 is 2.56 bits per heavy atom. The van der Waals surface area contributed by atoms with Gasteiger partial charge in [-0.15, -0.1) is 5.10 Å². The van der Waals surface area contributed by atoms with Gasteiger partial charge in [-0.25, -0.2) is 9.89 Å². The zero-order valence-corrected chi connectivity index (χ0v) is 14.1. The number of benzene rings is 1. The summed E-state index contributed by atoms with van der Waals surface area (Å²) < 4.78 is 0. The number of carbonyl (C=O) groups is 1. The van der Waals surface area contributed by atoms with E-state index in [1.807, 2.05) is 0 Å². The Hall–Kier alpha value is -3.76. The van der Waals surface area contributed by atoms with Gasteiger partial charge in [-0.1, -0.05) is 12.1 Å². The quantitative estimate of drug-likeness (QED) is 0.427. The molecule has 2 heterocycles. The fraction of sp³-hybridized carbons (Fsp3) is 0.250. The van der Waals surface area contributed by atoms with Gasteiger partial charge >= 0.3 is 5.69 Å². The molecular weight excluding hydrogens is 356 g/mol. The van der Waals surface area contributed by atoms with Crippen LogP contribution in [0.1, 0.15) is 5.56 Å². The largest absolute Gasteiger partial charge is 0.347 e. The van der Waals surface area contributed by atoms with E-state index < -0.39 is 16.2 Å². The lowest BCUT2D eigenvalue weighted by atomic mass is 10.1. The van der Waals surface area contributed by atoms with Gasteiger partial charge in [-0.3, -0.25) is 24.7 Å². The van der Waals surface area contributed by atoms with Crippen molar-refractivity contribution in [1.82, 2.24) is 20.1 Å². The predicted octanol–water partition coefficient (Wildman–Crippen LogP) is -0.272. The molecule has 1 fully saturated rings. The molecule has 1 aromatic carbocycles. The molecule has 0 saturated carbocycles. The summed E-state index contributed by atoms with van der Waals surface area (Å²) in [6.45, 7) is 1.43. The second-order valence-electron chi connectivity index (χ2n) is 5.79. The number of hydrogen-bond donors (Lipinski definition) is 2. The van der Waals surface area contributed by atoms with E-state index in [-0.39, 0.29) is 17.4 Å². The third kappa shape index (κ3) is 4.08. The number of aromatic nitrogens is 3. The van der Waals surface area contributed by atoms with Crippen LogP contribution in [0.15, 0.2) is 39.9 Å². The monoisotopic (exact) mass is 372 g/mol. The first-order chi connectivity index (χ1) is 13.0. The lowest BCUT2D eigenvalue weighted by molar-refractivity contribution is -0.385. The number of anilines is 1. The van der Waals surface area contributed by atoms with Crippen LogP contribution in [0.2, 0.25) is 0 Å². The third-order valence-corrected chi connectivity index (χ3v) is 4.12. The Bertz CT molecular complexity index is 1000. The van der Waals surface area contributed by atoms with Crippen LogP contribution in [0.25, 0.3) is 6.08 Å². The number of hydrogen-bond acceptors (Lipinski definition) is 7. The van der Waals surface area contributed by atoms with Gasteiger partial charge in [0, 0.05) is 38.3 Å². The first-order valence-corrected chi connectivity index (χ1v) is 8.10. The molecule has 0 atom stereocenters. The Kier molecular flexibility index (Phi) is 5.11. The molecule has 3 rings (SSSR count). The molecule has 0 radical (unpaired) electrons. The van der Waals surface area contributed by atoms with Crippen LogP contribution in [0.4, 0.5) is 11.5 Å². The zero-order valence-electron chi connectivity index (χ0n) is 14.1. The minimum absolute atomic E-state index is 0.0743. The highest BCUT2D eigenvalue weighted by atomic mass is 16.6. The molecule has 0 unspecified atom stereocenters. The van der Waals surface area contributed by atoms with Crippen molar-refractivity contribution in [3.05, 3.63) is 66.9 Å². The average Bonchev–Trinajstić information content (AvgIpc) is 2.66. The van der Waals surface area contributed by atoms with Crippen LogP contribution in [-0.4, -0.2) is 57.1 Å². The number of nitrogens with zero attached hydrogens (tertiary/aromatic N) is 4. The average molecular weight is 372 g/mol. The molecular formula is C16H16N6O5. The SMILES string of the molecule is O=C(/C=C/c1ccccc1[N+](=O)[O-])N1CCN(c2n[nH]c(=O)[nH]c2=O)CC1. The third-order valence-electron chi connectivity index (χ3n) is 4.12. The van der Waals surface area contributed by atoms with E-state index in [9.17, 15) is 24.5 Å². The molecule has 0 spiro atoms. The van der Waals surface area contributed by atoms with E-state index in [1.165, 1.54) is 18.2 Å². The van der Waals surface area contributed by atoms with E-state index in [0.717, 1.165) is 0 Å². The number of nitro groups is 1. The number of aromatic amines is 2. The number of amides is 1. The topological polar surface area (TPSA) is 145 Å². The van der Waals surface area contributed by atoms with Crippen molar-refractivity contribution in [1.29, 1.82) is 0 Å². The molecule has 11 nitrogen and oxygen atoms in total. The van der Waals surface area contributed by atoms with Gasteiger partial charge in [0.1, 0.15) is 0 Å². The molecule has 0 aliphatic carbocycles. The summed E-state index contributed by atoms with van der Waals surface area (Å²) in [6.07, 6.45) is 2.71. The Balaban J connectivity index is 1.64. The van der Waals surface area contributed by atoms with Crippen LogP contribution in [-0.2, 0) is 4.79 Å². The maximum Gasteiger partial charge on any atom is 0.342 e. The molecule has 11 heteroatoms. The normalized spacial score (nSPS) is 14.5. The van der Waals surface area contributed by atoms with Crippen LogP contribution in [0.3, 0.4) is 0 Å². The number of para-hydroxylation sites is 1. The Morgan fingerprint density at radius 1 is 1.19 bits per heavy atom. The fourth-order valence-corrected chi connectivity index (χ4v) is 2.76. The summed E-state index contributed by atoms with van der Waals surface area (Å²) in [6, 6.07) is 6.15. The van der Waals surface area contributed by atoms with Gasteiger partial charge in [0.25, 0.3) is 11.2 Å². The van der Waals surface area contributed by atoms with E-state index in [4.69, 9.17) is 0 Å². The number of nitro benzene ring substituents is 1. The predicted molar refractivity (Wildman–Crippen MR) is 96.4 cm³/mol. The van der Waals surface area contributed by atoms with E-state index in [1.54, 1.807) is 28.0 Å². The van der Waals surface area contributed by atoms with Crippen molar-refractivity contribution in [2.75, 3.05) is 31.1 Å². The van der Waals surface area contributed by atoms with Gasteiger partial charge < -0.3 is 9.80 Å². The van der Waals surface area contributed by atoms with E-state index >= 15 is 0 Å². The lowest BCUT2D eigenvalue weighted by Gasteiger charge is -2.34. The number of piperazine rings is 1. The van der Waals surface area contributed by atoms with Crippen LogP contribution in [0.5, 0.6) is 0 Å². The maximum absolute atomic E-state index is 12.3. The van der Waals surface area contributed by atoms with Crippen molar-refractivity contribution in [3.63, 3.8) is 0 Å². The molecule has 27 heavy (non-hydrogen) atoms. The van der Waals surface area contributed by atoms with Crippen molar-refractivity contribution in [2.24, 2.45) is 0 Å². The highest BCUT2D eigenvalue weighted by Crippen LogP contribution is 2.19. The Labute approximate surface area is 152 Å². The molecule has 2 aromatic rings. The van der Waals surface area contributed by atoms with Gasteiger partial charge in [0.2, 0.25) is 11.7 Å². The zero-order chi connectivity index (χ0) is 19.4. The van der Waals surface area contributed by atoms with E-state index in [0.29, 0.717) is 31.7 Å².